The second kappa shape index (κ2) is 4.42. The van der Waals surface area contributed by atoms with Crippen LogP contribution in [0.5, 0.6) is 0 Å². The third-order valence-electron chi connectivity index (χ3n) is 2.67. The summed E-state index contributed by atoms with van der Waals surface area (Å²) in [4.78, 5) is 0. The van der Waals surface area contributed by atoms with Crippen LogP contribution >= 0.6 is 0 Å². The third-order valence-corrected chi connectivity index (χ3v) is 3.26. The first-order valence-electron chi connectivity index (χ1n) is 5.28. The van der Waals surface area contributed by atoms with Gasteiger partial charge in [0.15, 0.2) is 0 Å². The highest BCUT2D eigenvalue weighted by atomic mass is 32.2. The van der Waals surface area contributed by atoms with Gasteiger partial charge in [-0.05, 0) is 19.4 Å². The fourth-order valence-corrected chi connectivity index (χ4v) is 2.55. The first-order valence-corrected chi connectivity index (χ1v) is 7.17. The molecule has 0 saturated carbocycles. The summed E-state index contributed by atoms with van der Waals surface area (Å²) in [5.41, 5.74) is 1.44. The lowest BCUT2D eigenvalue weighted by Gasteiger charge is -2.22. The van der Waals surface area contributed by atoms with Gasteiger partial charge in [0.1, 0.15) is 0 Å². The number of hydrogen-bond donors (Lipinski definition) is 3. The Morgan fingerprint density at radius 2 is 2.38 bits per heavy atom. The Kier molecular flexibility index (Phi) is 3.15. The number of H-pyrrole nitrogens is 1. The first kappa shape index (κ1) is 11.4. The predicted octanol–water partition coefficient (Wildman–Crippen LogP) is 0.248. The van der Waals surface area contributed by atoms with Crippen LogP contribution in [0.1, 0.15) is 24.5 Å². The summed E-state index contributed by atoms with van der Waals surface area (Å²) in [6.45, 7) is 1.89. The lowest BCUT2D eigenvalue weighted by Crippen LogP contribution is -2.29. The van der Waals surface area contributed by atoms with Crippen LogP contribution in [0.25, 0.3) is 0 Å². The Morgan fingerprint density at radius 3 is 3.00 bits per heavy atom. The molecule has 1 saturated heterocycles. The number of sulfonamides is 1. The number of nitrogens with one attached hydrogen (secondary N) is 3. The number of anilines is 1. The summed E-state index contributed by atoms with van der Waals surface area (Å²) >= 11 is 0. The van der Waals surface area contributed by atoms with Gasteiger partial charge in [-0.25, -0.2) is 8.42 Å². The van der Waals surface area contributed by atoms with Crippen molar-refractivity contribution in [2.75, 3.05) is 24.1 Å². The number of aromatic nitrogens is 2. The molecule has 0 unspecified atom stereocenters. The van der Waals surface area contributed by atoms with E-state index in [0.29, 0.717) is 11.6 Å². The number of aromatic amines is 1. The van der Waals surface area contributed by atoms with Gasteiger partial charge in [0, 0.05) is 12.5 Å². The van der Waals surface area contributed by atoms with Gasteiger partial charge in [0.05, 0.1) is 23.8 Å². The van der Waals surface area contributed by atoms with E-state index >= 15 is 0 Å². The molecule has 1 aromatic rings. The summed E-state index contributed by atoms with van der Waals surface area (Å²) in [5, 5.41) is 10.1. The molecule has 2 heterocycles. The maximum atomic E-state index is 11.2. The fourth-order valence-electron chi connectivity index (χ4n) is 1.99. The molecule has 1 atom stereocenters. The Balaban J connectivity index is 2.18. The molecule has 0 spiro atoms. The Labute approximate surface area is 94.9 Å². The topological polar surface area (TPSA) is 86.9 Å². The van der Waals surface area contributed by atoms with Crippen molar-refractivity contribution in [3.05, 3.63) is 11.9 Å². The van der Waals surface area contributed by atoms with E-state index in [2.05, 4.69) is 20.2 Å². The van der Waals surface area contributed by atoms with Crippen LogP contribution in [0.15, 0.2) is 6.20 Å². The molecule has 3 N–H and O–H groups in total. The minimum atomic E-state index is -3.24. The highest BCUT2D eigenvalue weighted by Crippen LogP contribution is 2.27. The van der Waals surface area contributed by atoms with Gasteiger partial charge in [-0.3, -0.25) is 9.82 Å². The molecule has 0 bridgehead atoms. The zero-order valence-corrected chi connectivity index (χ0v) is 9.97. The Morgan fingerprint density at radius 1 is 1.56 bits per heavy atom. The number of nitrogens with zero attached hydrogens (tertiary/aromatic N) is 1. The normalized spacial score (nSPS) is 21.9. The maximum absolute atomic E-state index is 11.2. The van der Waals surface area contributed by atoms with Crippen molar-refractivity contribution >= 4 is 15.7 Å². The number of hydrogen-bond acceptors (Lipinski definition) is 4. The molecular weight excluding hydrogens is 228 g/mol. The zero-order chi connectivity index (χ0) is 11.6. The van der Waals surface area contributed by atoms with Crippen molar-refractivity contribution in [1.29, 1.82) is 0 Å². The lowest BCUT2D eigenvalue weighted by atomic mass is 9.96. The largest absolute Gasteiger partial charge is 0.316 e. The van der Waals surface area contributed by atoms with Gasteiger partial charge in [-0.2, -0.15) is 5.10 Å². The second-order valence-corrected chi connectivity index (χ2v) is 5.86. The van der Waals surface area contributed by atoms with Crippen molar-refractivity contribution in [3.63, 3.8) is 0 Å². The average Bonchev–Trinajstić information content (AvgIpc) is 2.64. The molecule has 1 aliphatic rings. The van der Waals surface area contributed by atoms with E-state index < -0.39 is 10.0 Å². The minimum absolute atomic E-state index is 0.306. The maximum Gasteiger partial charge on any atom is 0.229 e. The summed E-state index contributed by atoms with van der Waals surface area (Å²) in [7, 11) is -3.24. The molecule has 1 aliphatic heterocycles. The monoisotopic (exact) mass is 244 g/mol. The third kappa shape index (κ3) is 2.73. The first-order chi connectivity index (χ1) is 7.56. The summed E-state index contributed by atoms with van der Waals surface area (Å²) in [6.07, 6.45) is 4.81. The van der Waals surface area contributed by atoms with E-state index in [1.807, 2.05) is 0 Å². The Hall–Kier alpha value is -1.08. The van der Waals surface area contributed by atoms with Crippen molar-refractivity contribution in [1.82, 2.24) is 15.5 Å². The molecule has 0 amide bonds. The van der Waals surface area contributed by atoms with Gasteiger partial charge < -0.3 is 5.32 Å². The quantitative estimate of drug-likeness (QED) is 0.711. The van der Waals surface area contributed by atoms with Crippen molar-refractivity contribution in [2.45, 2.75) is 18.8 Å². The number of rotatable bonds is 3. The zero-order valence-electron chi connectivity index (χ0n) is 9.16. The molecular formula is C9H16N4O2S. The van der Waals surface area contributed by atoms with Crippen LogP contribution in [0.3, 0.4) is 0 Å². The van der Waals surface area contributed by atoms with Crippen molar-refractivity contribution < 1.29 is 8.42 Å². The van der Waals surface area contributed by atoms with Gasteiger partial charge in [0.25, 0.3) is 0 Å². The molecule has 0 aromatic carbocycles. The molecule has 1 fully saturated rings. The number of piperidine rings is 1. The van der Waals surface area contributed by atoms with E-state index in [1.54, 1.807) is 0 Å². The predicted molar refractivity (Wildman–Crippen MR) is 61.9 cm³/mol. The summed E-state index contributed by atoms with van der Waals surface area (Å²) in [5.74, 6) is 0.306. The summed E-state index contributed by atoms with van der Waals surface area (Å²) in [6, 6.07) is 0. The Bertz CT molecular complexity index is 448. The molecule has 7 heteroatoms. The lowest BCUT2D eigenvalue weighted by molar-refractivity contribution is 0.455. The second-order valence-electron chi connectivity index (χ2n) is 4.11. The van der Waals surface area contributed by atoms with Gasteiger partial charge in [-0.15, -0.1) is 0 Å². The van der Waals surface area contributed by atoms with Crippen LogP contribution < -0.4 is 10.0 Å². The average molecular weight is 244 g/mol. The van der Waals surface area contributed by atoms with Crippen LogP contribution in [0, 0.1) is 0 Å². The van der Waals surface area contributed by atoms with E-state index in [-0.39, 0.29) is 0 Å². The molecule has 0 aliphatic carbocycles. The molecule has 6 nitrogen and oxygen atoms in total. The van der Waals surface area contributed by atoms with Crippen LogP contribution in [0.2, 0.25) is 0 Å². The highest BCUT2D eigenvalue weighted by Gasteiger charge is 2.21. The SMILES string of the molecule is CS(=O)(=O)Nc1cn[nH]c1[C@H]1CCCNC1. The summed E-state index contributed by atoms with van der Waals surface area (Å²) < 4.78 is 24.8. The van der Waals surface area contributed by atoms with E-state index in [9.17, 15) is 8.42 Å². The van der Waals surface area contributed by atoms with E-state index in [4.69, 9.17) is 0 Å². The van der Waals surface area contributed by atoms with Gasteiger partial charge in [0.2, 0.25) is 10.0 Å². The minimum Gasteiger partial charge on any atom is -0.316 e. The van der Waals surface area contributed by atoms with Crippen molar-refractivity contribution in [3.8, 4) is 0 Å². The molecule has 1 aromatic heterocycles. The molecule has 90 valence electrons. The van der Waals surface area contributed by atoms with E-state index in [1.165, 1.54) is 6.20 Å². The highest BCUT2D eigenvalue weighted by molar-refractivity contribution is 7.92. The van der Waals surface area contributed by atoms with Gasteiger partial charge >= 0.3 is 0 Å². The van der Waals surface area contributed by atoms with Crippen molar-refractivity contribution in [2.24, 2.45) is 0 Å². The smallest absolute Gasteiger partial charge is 0.229 e. The molecule has 0 radical (unpaired) electrons. The fraction of sp³-hybridized carbons (Fsp3) is 0.667. The van der Waals surface area contributed by atoms with E-state index in [0.717, 1.165) is 37.9 Å². The standard InChI is InChI=1S/C9H16N4O2S/c1-16(14,15)13-8-6-11-12-9(8)7-3-2-4-10-5-7/h6-7,10,13H,2-5H2,1H3,(H,11,12)/t7-/m0/s1. The molecule has 16 heavy (non-hydrogen) atoms. The molecule has 2 rings (SSSR count). The van der Waals surface area contributed by atoms with Crippen LogP contribution in [0.4, 0.5) is 5.69 Å². The van der Waals surface area contributed by atoms with Gasteiger partial charge in [-0.1, -0.05) is 0 Å². The van der Waals surface area contributed by atoms with Crippen LogP contribution in [-0.4, -0.2) is 38.0 Å². The van der Waals surface area contributed by atoms with Crippen LogP contribution in [-0.2, 0) is 10.0 Å².